The summed E-state index contributed by atoms with van der Waals surface area (Å²) in [6.45, 7) is 4.21. The molecular weight excluding hydrogens is 204 g/mol. The van der Waals surface area contributed by atoms with Crippen LogP contribution in [0, 0.1) is 0 Å². The summed E-state index contributed by atoms with van der Waals surface area (Å²) in [5, 5.41) is 0. The van der Waals surface area contributed by atoms with Gasteiger partial charge in [0, 0.05) is 19.1 Å². The molecular formula is C12H24N2O2. The van der Waals surface area contributed by atoms with Crippen LogP contribution in [0.1, 0.15) is 39.0 Å². The molecule has 1 unspecified atom stereocenters. The molecule has 16 heavy (non-hydrogen) atoms. The molecule has 0 spiro atoms. The molecule has 0 radical (unpaired) electrons. The molecule has 1 rings (SSSR count). The summed E-state index contributed by atoms with van der Waals surface area (Å²) in [4.78, 5) is 13.9. The van der Waals surface area contributed by atoms with E-state index in [-0.39, 0.29) is 12.5 Å². The Hall–Kier alpha value is -0.610. The maximum Gasteiger partial charge on any atom is 0.248 e. The summed E-state index contributed by atoms with van der Waals surface area (Å²) in [5.74, 6) is 0.131. The molecule has 1 fully saturated rings. The Morgan fingerprint density at radius 1 is 1.50 bits per heavy atom. The lowest BCUT2D eigenvalue weighted by Gasteiger charge is -2.35. The summed E-state index contributed by atoms with van der Waals surface area (Å²) >= 11 is 0. The van der Waals surface area contributed by atoms with Gasteiger partial charge in [-0.15, -0.1) is 0 Å². The first-order valence-corrected chi connectivity index (χ1v) is 6.36. The van der Waals surface area contributed by atoms with Crippen LogP contribution in [0.4, 0.5) is 0 Å². The quantitative estimate of drug-likeness (QED) is 0.694. The van der Waals surface area contributed by atoms with Crippen molar-refractivity contribution in [1.29, 1.82) is 0 Å². The van der Waals surface area contributed by atoms with Crippen LogP contribution in [-0.2, 0) is 9.53 Å². The molecule has 1 aliphatic rings. The second kappa shape index (κ2) is 7.63. The molecule has 0 bridgehead atoms. The predicted octanol–water partition coefficient (Wildman–Crippen LogP) is 1.14. The van der Waals surface area contributed by atoms with E-state index in [0.717, 1.165) is 32.2 Å². The standard InChI is InChI=1S/C12H24N2O2/c1-2-5-11-6-3-4-8-14(11)12(15)10-16-9-7-13/h11H,2-10,13H2,1H3. The number of hydrogen-bond acceptors (Lipinski definition) is 3. The van der Waals surface area contributed by atoms with Crippen molar-refractivity contribution in [1.82, 2.24) is 4.90 Å². The molecule has 0 aromatic rings. The van der Waals surface area contributed by atoms with Gasteiger partial charge in [-0.1, -0.05) is 13.3 Å². The Labute approximate surface area is 98.1 Å². The average molecular weight is 228 g/mol. The Morgan fingerprint density at radius 2 is 2.31 bits per heavy atom. The number of nitrogens with two attached hydrogens (primary N) is 1. The van der Waals surface area contributed by atoms with Gasteiger partial charge >= 0.3 is 0 Å². The van der Waals surface area contributed by atoms with E-state index in [9.17, 15) is 4.79 Å². The monoisotopic (exact) mass is 228 g/mol. The van der Waals surface area contributed by atoms with Crippen molar-refractivity contribution >= 4 is 5.91 Å². The van der Waals surface area contributed by atoms with E-state index < -0.39 is 0 Å². The second-order valence-electron chi connectivity index (χ2n) is 4.37. The van der Waals surface area contributed by atoms with Gasteiger partial charge in [0.2, 0.25) is 5.91 Å². The lowest BCUT2D eigenvalue weighted by molar-refractivity contribution is -0.139. The molecule has 1 heterocycles. The summed E-state index contributed by atoms with van der Waals surface area (Å²) in [5.41, 5.74) is 5.32. The SMILES string of the molecule is CCCC1CCCCN1C(=O)COCCN. The van der Waals surface area contributed by atoms with E-state index in [2.05, 4.69) is 6.92 Å². The molecule has 1 atom stereocenters. The molecule has 1 aliphatic heterocycles. The third-order valence-corrected chi connectivity index (χ3v) is 3.06. The molecule has 0 saturated carbocycles. The van der Waals surface area contributed by atoms with Crippen LogP contribution in [0.25, 0.3) is 0 Å². The normalized spacial score (nSPS) is 21.1. The number of piperidine rings is 1. The molecule has 4 nitrogen and oxygen atoms in total. The minimum Gasteiger partial charge on any atom is -0.370 e. The number of amides is 1. The van der Waals surface area contributed by atoms with Gasteiger partial charge in [-0.25, -0.2) is 0 Å². The van der Waals surface area contributed by atoms with E-state index >= 15 is 0 Å². The van der Waals surface area contributed by atoms with Crippen LogP contribution < -0.4 is 5.73 Å². The molecule has 0 aromatic heterocycles. The highest BCUT2D eigenvalue weighted by molar-refractivity contribution is 5.77. The van der Waals surface area contributed by atoms with Gasteiger partial charge in [-0.3, -0.25) is 4.79 Å². The number of hydrogen-bond donors (Lipinski definition) is 1. The van der Waals surface area contributed by atoms with Crippen molar-refractivity contribution in [3.63, 3.8) is 0 Å². The second-order valence-corrected chi connectivity index (χ2v) is 4.37. The largest absolute Gasteiger partial charge is 0.370 e. The van der Waals surface area contributed by atoms with Crippen molar-refractivity contribution < 1.29 is 9.53 Å². The summed E-state index contributed by atoms with van der Waals surface area (Å²) < 4.78 is 5.21. The third kappa shape index (κ3) is 4.10. The van der Waals surface area contributed by atoms with Crippen LogP contribution in [0.3, 0.4) is 0 Å². The number of carbonyl (C=O) groups excluding carboxylic acids is 1. The van der Waals surface area contributed by atoms with E-state index in [0.29, 0.717) is 19.2 Å². The van der Waals surface area contributed by atoms with Gasteiger partial charge in [0.25, 0.3) is 0 Å². The Kier molecular flexibility index (Phi) is 6.42. The summed E-state index contributed by atoms with van der Waals surface area (Å²) in [7, 11) is 0. The lowest BCUT2D eigenvalue weighted by atomic mass is 9.98. The zero-order valence-corrected chi connectivity index (χ0v) is 10.3. The van der Waals surface area contributed by atoms with Gasteiger partial charge in [-0.2, -0.15) is 0 Å². The smallest absolute Gasteiger partial charge is 0.248 e. The molecule has 2 N–H and O–H groups in total. The first-order chi connectivity index (χ1) is 7.79. The molecule has 4 heteroatoms. The maximum atomic E-state index is 11.9. The van der Waals surface area contributed by atoms with Gasteiger partial charge in [0.15, 0.2) is 0 Å². The van der Waals surface area contributed by atoms with Gasteiger partial charge in [0.05, 0.1) is 6.61 Å². The Bertz CT molecular complexity index is 207. The zero-order chi connectivity index (χ0) is 11.8. The van der Waals surface area contributed by atoms with Crippen molar-refractivity contribution in [3.8, 4) is 0 Å². The number of nitrogens with zero attached hydrogens (tertiary/aromatic N) is 1. The van der Waals surface area contributed by atoms with E-state index in [1.54, 1.807) is 0 Å². The van der Waals surface area contributed by atoms with Crippen LogP contribution in [0.5, 0.6) is 0 Å². The van der Waals surface area contributed by atoms with Gasteiger partial charge in [0.1, 0.15) is 6.61 Å². The highest BCUT2D eigenvalue weighted by atomic mass is 16.5. The minimum atomic E-state index is 0.131. The molecule has 0 aromatic carbocycles. The summed E-state index contributed by atoms with van der Waals surface area (Å²) in [6, 6.07) is 0.438. The highest BCUT2D eigenvalue weighted by Crippen LogP contribution is 2.20. The maximum absolute atomic E-state index is 11.9. The Morgan fingerprint density at radius 3 is 3.00 bits per heavy atom. The zero-order valence-electron chi connectivity index (χ0n) is 10.3. The van der Waals surface area contributed by atoms with E-state index in [1.165, 1.54) is 6.42 Å². The van der Waals surface area contributed by atoms with Crippen LogP contribution in [0.15, 0.2) is 0 Å². The number of rotatable bonds is 6. The van der Waals surface area contributed by atoms with Crippen molar-refractivity contribution in [2.75, 3.05) is 26.3 Å². The van der Waals surface area contributed by atoms with Crippen molar-refractivity contribution in [3.05, 3.63) is 0 Å². The number of carbonyl (C=O) groups is 1. The predicted molar refractivity (Wildman–Crippen MR) is 64.1 cm³/mol. The van der Waals surface area contributed by atoms with Crippen LogP contribution in [-0.4, -0.2) is 43.2 Å². The molecule has 94 valence electrons. The highest BCUT2D eigenvalue weighted by Gasteiger charge is 2.25. The fraction of sp³-hybridized carbons (Fsp3) is 0.917. The first kappa shape index (κ1) is 13.5. The number of likely N-dealkylation sites (tertiary alicyclic amines) is 1. The van der Waals surface area contributed by atoms with E-state index in [1.807, 2.05) is 4.90 Å². The molecule has 1 amide bonds. The van der Waals surface area contributed by atoms with Gasteiger partial charge < -0.3 is 15.4 Å². The fourth-order valence-electron chi connectivity index (χ4n) is 2.29. The first-order valence-electron chi connectivity index (χ1n) is 6.36. The van der Waals surface area contributed by atoms with E-state index in [4.69, 9.17) is 10.5 Å². The molecule has 1 saturated heterocycles. The van der Waals surface area contributed by atoms with Gasteiger partial charge in [-0.05, 0) is 25.7 Å². The van der Waals surface area contributed by atoms with Crippen molar-refractivity contribution in [2.24, 2.45) is 5.73 Å². The Balaban J connectivity index is 2.37. The van der Waals surface area contributed by atoms with Crippen LogP contribution >= 0.6 is 0 Å². The topological polar surface area (TPSA) is 55.6 Å². The number of ether oxygens (including phenoxy) is 1. The summed E-state index contributed by atoms with van der Waals surface area (Å²) in [6.07, 6.45) is 5.78. The lowest BCUT2D eigenvalue weighted by Crippen LogP contribution is -2.45. The minimum absolute atomic E-state index is 0.131. The molecule has 0 aliphatic carbocycles. The fourth-order valence-corrected chi connectivity index (χ4v) is 2.29. The average Bonchev–Trinajstić information content (AvgIpc) is 2.30. The third-order valence-electron chi connectivity index (χ3n) is 3.06. The van der Waals surface area contributed by atoms with Crippen molar-refractivity contribution in [2.45, 2.75) is 45.1 Å². The van der Waals surface area contributed by atoms with Crippen LogP contribution in [0.2, 0.25) is 0 Å².